The third-order valence-corrected chi connectivity index (χ3v) is 8.95. The minimum absolute atomic E-state index is 0.0536. The Balaban J connectivity index is 1.15. The summed E-state index contributed by atoms with van der Waals surface area (Å²) in [6, 6.07) is 17.7. The molecule has 48 heavy (non-hydrogen) atoms. The number of carbonyl (C=O) groups excluding carboxylic acids is 2. The van der Waals surface area contributed by atoms with E-state index in [4.69, 9.17) is 21.4 Å². The Labute approximate surface area is 285 Å². The molecule has 6 rings (SSSR count). The first kappa shape index (κ1) is 32.8. The summed E-state index contributed by atoms with van der Waals surface area (Å²) in [4.78, 5) is 33.5. The predicted octanol–water partition coefficient (Wildman–Crippen LogP) is 6.38. The van der Waals surface area contributed by atoms with Crippen molar-refractivity contribution >= 4 is 50.1 Å². The van der Waals surface area contributed by atoms with Gasteiger partial charge in [0.2, 0.25) is 0 Å². The van der Waals surface area contributed by atoms with Gasteiger partial charge < -0.3 is 25.2 Å². The molecular weight excluding hydrogens is 654 g/mol. The molecule has 0 unspecified atom stereocenters. The fraction of sp³-hybridized carbons (Fsp3) is 0.235. The van der Waals surface area contributed by atoms with Crippen LogP contribution in [-0.2, 0) is 12.0 Å². The largest absolute Gasteiger partial charge is 0.506 e. The zero-order chi connectivity index (χ0) is 34.2. The number of amides is 3. The molecular formula is C34H34ClN7O5S. The minimum Gasteiger partial charge on any atom is -0.506 e. The summed E-state index contributed by atoms with van der Waals surface area (Å²) in [7, 11) is 1.63. The summed E-state index contributed by atoms with van der Waals surface area (Å²) in [5.41, 5.74) is 6.13. The highest BCUT2D eigenvalue weighted by atomic mass is 35.5. The Hall–Kier alpha value is -5.11. The van der Waals surface area contributed by atoms with Crippen molar-refractivity contribution < 1.29 is 24.5 Å². The van der Waals surface area contributed by atoms with Gasteiger partial charge in [0.25, 0.3) is 5.91 Å². The summed E-state index contributed by atoms with van der Waals surface area (Å²) < 4.78 is 9.05. The fourth-order valence-corrected chi connectivity index (χ4v) is 6.42. The molecule has 4 N–H and O–H groups in total. The number of phenolic OH excluding ortho intramolecular Hbond substituents is 1. The number of phenols is 1. The van der Waals surface area contributed by atoms with Crippen molar-refractivity contribution in [1.82, 2.24) is 29.5 Å². The first-order valence-electron chi connectivity index (χ1n) is 15.1. The molecule has 0 spiro atoms. The molecule has 3 heterocycles. The molecule has 0 bridgehead atoms. The Morgan fingerprint density at radius 3 is 2.62 bits per heavy atom. The number of para-hydroxylation sites is 2. The first-order chi connectivity index (χ1) is 22.9. The Bertz CT molecular complexity index is 2150. The van der Waals surface area contributed by atoms with Crippen molar-refractivity contribution in [2.75, 3.05) is 25.6 Å². The van der Waals surface area contributed by atoms with Crippen LogP contribution in [0.3, 0.4) is 0 Å². The number of nitrogens with zero attached hydrogens (tertiary/aromatic N) is 5. The number of hydrogen-bond donors (Lipinski definition) is 4. The second-order valence-corrected chi connectivity index (χ2v) is 13.6. The molecule has 248 valence electrons. The van der Waals surface area contributed by atoms with Gasteiger partial charge >= 0.3 is 6.03 Å². The summed E-state index contributed by atoms with van der Waals surface area (Å²) in [5.74, 6) is 0.869. The molecule has 14 heteroatoms. The van der Waals surface area contributed by atoms with Gasteiger partial charge in [-0.3, -0.25) is 9.20 Å². The van der Waals surface area contributed by atoms with Crippen LogP contribution in [-0.4, -0.2) is 66.5 Å². The number of likely N-dealkylation sites (N-methyl/N-ethyl adjacent to an activating group) is 1. The molecule has 6 aromatic rings. The highest BCUT2D eigenvalue weighted by molar-refractivity contribution is 7.23. The van der Waals surface area contributed by atoms with Crippen LogP contribution in [0, 0.1) is 0 Å². The lowest BCUT2D eigenvalue weighted by Crippen LogP contribution is -2.34. The number of nitrogens with one attached hydrogen (secondary N) is 2. The topological polar surface area (TPSA) is 146 Å². The van der Waals surface area contributed by atoms with E-state index in [1.54, 1.807) is 37.6 Å². The van der Waals surface area contributed by atoms with Gasteiger partial charge in [0, 0.05) is 54.5 Å². The number of benzene rings is 3. The highest BCUT2D eigenvalue weighted by Gasteiger charge is 2.26. The Morgan fingerprint density at radius 2 is 1.85 bits per heavy atom. The van der Waals surface area contributed by atoms with Gasteiger partial charge in [-0.25, -0.2) is 15.2 Å². The molecule has 0 aliphatic carbocycles. The van der Waals surface area contributed by atoms with E-state index in [2.05, 4.69) is 20.8 Å². The number of aliphatic hydroxyl groups is 1. The standard InChI is InChI=1S/C34H34ClN7O5S/c1-34(2,3)30-23(22-9-7-10-24(35)29(22)44)18-42(38-30)39-32(46)36-17-20-8-5-6-11-27(20)47-21-12-13-26-28(16-21)48-33-37-25(19-41(26)33)31(45)40(4)14-15-43/h5-13,16,18-19,43-44H,14-15,17H2,1-4H3,(H2,36,39,46). The summed E-state index contributed by atoms with van der Waals surface area (Å²) in [6.07, 6.45) is 3.35. The molecule has 3 amide bonds. The van der Waals surface area contributed by atoms with E-state index in [-0.39, 0.29) is 41.8 Å². The maximum atomic E-state index is 13.0. The number of thiazole rings is 1. The zero-order valence-corrected chi connectivity index (χ0v) is 28.3. The van der Waals surface area contributed by atoms with E-state index in [0.717, 1.165) is 15.8 Å². The number of urea groups is 1. The van der Waals surface area contributed by atoms with Gasteiger partial charge in [0.15, 0.2) is 4.96 Å². The number of aliphatic hydroxyl groups excluding tert-OH is 1. The predicted molar refractivity (Wildman–Crippen MR) is 186 cm³/mol. The molecule has 0 atom stereocenters. The fourth-order valence-electron chi connectivity index (χ4n) is 5.21. The number of halogens is 1. The summed E-state index contributed by atoms with van der Waals surface area (Å²) in [6.45, 7) is 6.27. The average Bonchev–Trinajstić information content (AvgIpc) is 3.75. The normalized spacial score (nSPS) is 11.6. The number of aromatic hydroxyl groups is 1. The van der Waals surface area contributed by atoms with Crippen molar-refractivity contribution in [2.24, 2.45) is 0 Å². The average molecular weight is 688 g/mol. The molecule has 0 radical (unpaired) electrons. The number of fused-ring (bicyclic) bond motifs is 3. The first-order valence-corrected chi connectivity index (χ1v) is 16.3. The minimum atomic E-state index is -0.488. The SMILES string of the molecule is CN(CCO)C(=O)c1cn2c(n1)sc1cc(Oc3ccccc3CNC(=O)Nn3cc(-c4cccc(Cl)c4O)c(C(C)(C)C)n3)ccc12. The molecule has 0 saturated carbocycles. The number of aromatic nitrogens is 4. The zero-order valence-electron chi connectivity index (χ0n) is 26.7. The van der Waals surface area contributed by atoms with Crippen LogP contribution in [0.15, 0.2) is 73.1 Å². The van der Waals surface area contributed by atoms with Gasteiger partial charge in [-0.2, -0.15) is 9.89 Å². The summed E-state index contributed by atoms with van der Waals surface area (Å²) >= 11 is 7.60. The van der Waals surface area contributed by atoms with Crippen molar-refractivity contribution in [1.29, 1.82) is 0 Å². The quantitative estimate of drug-likeness (QED) is 0.138. The second-order valence-electron chi connectivity index (χ2n) is 12.2. The van der Waals surface area contributed by atoms with E-state index in [0.29, 0.717) is 39.0 Å². The van der Waals surface area contributed by atoms with Crippen molar-refractivity contribution in [3.8, 4) is 28.4 Å². The second kappa shape index (κ2) is 13.2. The van der Waals surface area contributed by atoms with Crippen LogP contribution in [0.25, 0.3) is 26.3 Å². The molecule has 0 saturated heterocycles. The molecule has 0 fully saturated rings. The third kappa shape index (κ3) is 6.65. The van der Waals surface area contributed by atoms with Crippen LogP contribution < -0.4 is 15.5 Å². The van der Waals surface area contributed by atoms with Crippen LogP contribution in [0.2, 0.25) is 5.02 Å². The van der Waals surface area contributed by atoms with Gasteiger partial charge in [-0.05, 0) is 24.3 Å². The lowest BCUT2D eigenvalue weighted by Gasteiger charge is -2.18. The maximum absolute atomic E-state index is 13.0. The smallest absolute Gasteiger partial charge is 0.335 e. The van der Waals surface area contributed by atoms with Crippen molar-refractivity contribution in [2.45, 2.75) is 32.7 Å². The third-order valence-electron chi connectivity index (χ3n) is 7.62. The van der Waals surface area contributed by atoms with Gasteiger partial charge in [-0.15, -0.1) is 0 Å². The van der Waals surface area contributed by atoms with Gasteiger partial charge in [-0.1, -0.05) is 74.0 Å². The van der Waals surface area contributed by atoms with E-state index in [9.17, 15) is 14.7 Å². The van der Waals surface area contributed by atoms with E-state index in [1.807, 2.05) is 67.6 Å². The molecule has 3 aromatic heterocycles. The molecule has 12 nitrogen and oxygen atoms in total. The number of rotatable bonds is 9. The molecule has 3 aromatic carbocycles. The van der Waals surface area contributed by atoms with Crippen LogP contribution in [0.5, 0.6) is 17.2 Å². The number of ether oxygens (including phenoxy) is 1. The Kier molecular flexibility index (Phi) is 9.01. The molecule has 0 aliphatic heterocycles. The lowest BCUT2D eigenvalue weighted by atomic mass is 9.87. The monoisotopic (exact) mass is 687 g/mol. The van der Waals surface area contributed by atoms with Crippen molar-refractivity contribution in [3.63, 3.8) is 0 Å². The lowest BCUT2D eigenvalue weighted by molar-refractivity contribution is 0.0762. The maximum Gasteiger partial charge on any atom is 0.335 e. The van der Waals surface area contributed by atoms with Crippen LogP contribution >= 0.6 is 22.9 Å². The van der Waals surface area contributed by atoms with Gasteiger partial charge in [0.1, 0.15) is 22.9 Å². The number of imidazole rings is 1. The van der Waals surface area contributed by atoms with E-state index in [1.165, 1.54) is 21.0 Å². The highest BCUT2D eigenvalue weighted by Crippen LogP contribution is 2.39. The number of hydrogen-bond acceptors (Lipinski definition) is 8. The van der Waals surface area contributed by atoms with Crippen LogP contribution in [0.4, 0.5) is 4.79 Å². The number of carbonyl (C=O) groups is 2. The summed E-state index contributed by atoms with van der Waals surface area (Å²) in [5, 5.41) is 27.4. The van der Waals surface area contributed by atoms with Crippen molar-refractivity contribution in [3.05, 3.63) is 95.0 Å². The van der Waals surface area contributed by atoms with E-state index >= 15 is 0 Å². The molecule has 0 aliphatic rings. The van der Waals surface area contributed by atoms with Crippen LogP contribution in [0.1, 0.15) is 42.5 Å². The van der Waals surface area contributed by atoms with E-state index < -0.39 is 6.03 Å². The van der Waals surface area contributed by atoms with Gasteiger partial charge in [0.05, 0.1) is 33.7 Å². The Morgan fingerprint density at radius 1 is 1.06 bits per heavy atom.